The largest absolute Gasteiger partial charge is 0.462 e. The molecular formula is C53H87NO5. The van der Waals surface area contributed by atoms with Gasteiger partial charge in [0.25, 0.3) is 0 Å². The summed E-state index contributed by atoms with van der Waals surface area (Å²) in [5.41, 5.74) is 0. The molecule has 0 fully saturated rings. The highest BCUT2D eigenvalue weighted by Gasteiger charge is 2.24. The van der Waals surface area contributed by atoms with Gasteiger partial charge in [-0.3, -0.25) is 9.59 Å². The number of carbonyl (C=O) groups is 2. The molecule has 1 amide bonds. The number of rotatable bonds is 40. The molecule has 59 heavy (non-hydrogen) atoms. The van der Waals surface area contributed by atoms with Crippen molar-refractivity contribution in [2.75, 3.05) is 6.61 Å². The maximum atomic E-state index is 13.1. The summed E-state index contributed by atoms with van der Waals surface area (Å²) in [6.07, 6.45) is 61.5. The highest BCUT2D eigenvalue weighted by atomic mass is 16.5. The first kappa shape index (κ1) is 55.5. The van der Waals surface area contributed by atoms with Crippen LogP contribution in [0.3, 0.4) is 0 Å². The van der Waals surface area contributed by atoms with E-state index in [4.69, 9.17) is 4.74 Å². The lowest BCUT2D eigenvalue weighted by molar-refractivity contribution is -0.151. The zero-order valence-corrected chi connectivity index (χ0v) is 37.8. The van der Waals surface area contributed by atoms with Gasteiger partial charge in [0.15, 0.2) is 0 Å². The van der Waals surface area contributed by atoms with Crippen LogP contribution in [0, 0.1) is 0 Å². The molecule has 0 bridgehead atoms. The fourth-order valence-corrected chi connectivity index (χ4v) is 6.48. The minimum atomic E-state index is -0.817. The smallest absolute Gasteiger partial charge is 0.306 e. The molecule has 3 atom stereocenters. The number of esters is 1. The van der Waals surface area contributed by atoms with Crippen molar-refractivity contribution in [3.8, 4) is 0 Å². The minimum absolute atomic E-state index is 0.0103. The van der Waals surface area contributed by atoms with Gasteiger partial charge in [0.2, 0.25) is 5.91 Å². The molecule has 6 heteroatoms. The third-order valence-electron chi connectivity index (χ3n) is 10.0. The van der Waals surface area contributed by atoms with E-state index < -0.39 is 18.2 Å². The number of allylic oxidation sites excluding steroid dienone is 18. The van der Waals surface area contributed by atoms with E-state index in [0.29, 0.717) is 19.3 Å². The van der Waals surface area contributed by atoms with E-state index in [-0.39, 0.29) is 24.9 Å². The summed E-state index contributed by atoms with van der Waals surface area (Å²) in [6, 6.07) is -0.736. The van der Waals surface area contributed by atoms with E-state index in [0.717, 1.165) is 89.9 Å². The number of amides is 1. The topological polar surface area (TPSA) is 95.9 Å². The van der Waals surface area contributed by atoms with Crippen LogP contribution in [-0.4, -0.2) is 46.9 Å². The van der Waals surface area contributed by atoms with Gasteiger partial charge in [0.05, 0.1) is 25.2 Å². The van der Waals surface area contributed by atoms with Crippen LogP contribution in [0.5, 0.6) is 0 Å². The second-order valence-electron chi connectivity index (χ2n) is 15.5. The predicted octanol–water partition coefficient (Wildman–Crippen LogP) is 13.9. The van der Waals surface area contributed by atoms with Crippen LogP contribution in [0.4, 0.5) is 0 Å². The maximum absolute atomic E-state index is 13.1. The first-order valence-electron chi connectivity index (χ1n) is 23.7. The Bertz CT molecular complexity index is 1240. The SMILES string of the molecule is CC\C=C/C=C/C=C/C=C\C=C\C=C\CCCC(CC(=O)NC(CO)C(O)CCCCCCCCCCCCC)OC(=O)CCCCCC/C=C/C/C=C/C/C=C/CC. The average Bonchev–Trinajstić information content (AvgIpc) is 3.23. The van der Waals surface area contributed by atoms with Gasteiger partial charge in [0, 0.05) is 6.42 Å². The lowest BCUT2D eigenvalue weighted by Crippen LogP contribution is -2.46. The molecule has 0 aromatic heterocycles. The van der Waals surface area contributed by atoms with Gasteiger partial charge < -0.3 is 20.3 Å². The van der Waals surface area contributed by atoms with Crippen molar-refractivity contribution in [3.63, 3.8) is 0 Å². The third-order valence-corrected chi connectivity index (χ3v) is 10.0. The summed E-state index contributed by atoms with van der Waals surface area (Å²) >= 11 is 0. The number of aliphatic hydroxyl groups excluding tert-OH is 2. The molecule has 0 aromatic carbocycles. The van der Waals surface area contributed by atoms with Gasteiger partial charge in [0.1, 0.15) is 6.10 Å². The van der Waals surface area contributed by atoms with E-state index in [2.05, 4.69) is 74.7 Å². The lowest BCUT2D eigenvalue weighted by atomic mass is 10.0. The van der Waals surface area contributed by atoms with Gasteiger partial charge in [-0.15, -0.1) is 0 Å². The van der Waals surface area contributed by atoms with E-state index in [1.165, 1.54) is 51.4 Å². The van der Waals surface area contributed by atoms with E-state index in [1.54, 1.807) is 0 Å². The normalized spacial score (nSPS) is 14.3. The number of nitrogens with one attached hydrogen (secondary N) is 1. The Kier molecular flexibility index (Phi) is 42.9. The molecule has 0 saturated carbocycles. The summed E-state index contributed by atoms with van der Waals surface area (Å²) in [7, 11) is 0. The number of unbranched alkanes of at least 4 members (excludes halogenated alkanes) is 15. The summed E-state index contributed by atoms with van der Waals surface area (Å²) < 4.78 is 5.86. The van der Waals surface area contributed by atoms with Crippen molar-refractivity contribution in [2.24, 2.45) is 0 Å². The first-order chi connectivity index (χ1) is 29.0. The summed E-state index contributed by atoms with van der Waals surface area (Å²) in [5.74, 6) is -0.588. The van der Waals surface area contributed by atoms with E-state index in [9.17, 15) is 19.8 Å². The van der Waals surface area contributed by atoms with Crippen molar-refractivity contribution < 1.29 is 24.5 Å². The predicted molar refractivity (Wildman–Crippen MR) is 254 cm³/mol. The Balaban J connectivity index is 4.83. The monoisotopic (exact) mass is 818 g/mol. The lowest BCUT2D eigenvalue weighted by Gasteiger charge is -2.24. The van der Waals surface area contributed by atoms with E-state index in [1.807, 2.05) is 60.8 Å². The van der Waals surface area contributed by atoms with Crippen molar-refractivity contribution in [2.45, 2.75) is 206 Å². The third kappa shape index (κ3) is 41.1. The molecule has 334 valence electrons. The van der Waals surface area contributed by atoms with Crippen LogP contribution in [0.15, 0.2) is 109 Å². The Morgan fingerprint density at radius 1 is 0.525 bits per heavy atom. The highest BCUT2D eigenvalue weighted by Crippen LogP contribution is 2.16. The molecule has 0 aliphatic heterocycles. The van der Waals surface area contributed by atoms with Crippen molar-refractivity contribution in [1.82, 2.24) is 5.32 Å². The second-order valence-corrected chi connectivity index (χ2v) is 15.5. The number of ether oxygens (including phenoxy) is 1. The number of hydrogen-bond donors (Lipinski definition) is 3. The number of aliphatic hydroxyl groups is 2. The minimum Gasteiger partial charge on any atom is -0.462 e. The van der Waals surface area contributed by atoms with Crippen LogP contribution in [0.1, 0.15) is 188 Å². The molecule has 0 radical (unpaired) electrons. The molecule has 0 aliphatic carbocycles. The Morgan fingerprint density at radius 2 is 1.02 bits per heavy atom. The fourth-order valence-electron chi connectivity index (χ4n) is 6.48. The molecule has 0 spiro atoms. The maximum Gasteiger partial charge on any atom is 0.306 e. The zero-order chi connectivity index (χ0) is 43.1. The summed E-state index contributed by atoms with van der Waals surface area (Å²) in [4.78, 5) is 26.0. The molecule has 3 unspecified atom stereocenters. The van der Waals surface area contributed by atoms with Crippen LogP contribution in [0.25, 0.3) is 0 Å². The van der Waals surface area contributed by atoms with E-state index >= 15 is 0 Å². The standard InChI is InChI=1S/C53H87NO5/c1-4-7-10-13-16-19-22-24-26-27-30-32-35-38-41-44-49(59-53(58)46-43-40-37-34-31-28-25-23-20-17-14-11-8-5-2)47-52(57)54-50(48-55)51(56)45-42-39-36-33-29-21-18-15-12-9-6-3/h7-8,10-11,13,16-17,19-20,22,24-28,30,32,35,49-51,55-56H,4-6,9,12,14-15,18,21,23,29,31,33-34,36-48H2,1-3H3,(H,54,57)/b10-7-,11-8+,16-13+,20-17+,22-19+,26-24-,28-25+,30-27+,35-32+. The molecule has 0 rings (SSSR count). The quantitative estimate of drug-likeness (QED) is 0.0248. The fraction of sp³-hybridized carbons (Fsp3) is 0.623. The van der Waals surface area contributed by atoms with Crippen molar-refractivity contribution >= 4 is 11.9 Å². The van der Waals surface area contributed by atoms with Crippen LogP contribution in [0.2, 0.25) is 0 Å². The Labute approximate surface area is 362 Å². The molecule has 0 heterocycles. The van der Waals surface area contributed by atoms with Crippen molar-refractivity contribution in [3.05, 3.63) is 109 Å². The zero-order valence-electron chi connectivity index (χ0n) is 37.8. The molecule has 3 N–H and O–H groups in total. The Hall–Kier alpha value is -3.48. The molecule has 6 nitrogen and oxygen atoms in total. The van der Waals surface area contributed by atoms with Gasteiger partial charge in [-0.25, -0.2) is 0 Å². The second kappa shape index (κ2) is 45.6. The molecule has 0 aliphatic rings. The first-order valence-corrected chi connectivity index (χ1v) is 23.7. The van der Waals surface area contributed by atoms with Gasteiger partial charge >= 0.3 is 5.97 Å². The van der Waals surface area contributed by atoms with Gasteiger partial charge in [-0.05, 0) is 70.6 Å². The molecule has 0 saturated heterocycles. The van der Waals surface area contributed by atoms with Gasteiger partial charge in [-0.1, -0.05) is 214 Å². The van der Waals surface area contributed by atoms with Crippen LogP contribution >= 0.6 is 0 Å². The van der Waals surface area contributed by atoms with Crippen molar-refractivity contribution in [1.29, 1.82) is 0 Å². The van der Waals surface area contributed by atoms with Crippen LogP contribution < -0.4 is 5.32 Å². The average molecular weight is 818 g/mol. The summed E-state index contributed by atoms with van der Waals surface area (Å²) in [5, 5.41) is 23.6. The molecular weight excluding hydrogens is 731 g/mol. The Morgan fingerprint density at radius 3 is 1.61 bits per heavy atom. The highest BCUT2D eigenvalue weighted by molar-refractivity contribution is 5.77. The summed E-state index contributed by atoms with van der Waals surface area (Å²) in [6.45, 7) is 6.17. The number of carbonyl (C=O) groups excluding carboxylic acids is 2. The molecule has 0 aromatic rings. The van der Waals surface area contributed by atoms with Crippen LogP contribution in [-0.2, 0) is 14.3 Å². The number of hydrogen-bond acceptors (Lipinski definition) is 5. The van der Waals surface area contributed by atoms with Gasteiger partial charge in [-0.2, -0.15) is 0 Å².